The lowest BCUT2D eigenvalue weighted by Gasteiger charge is -2.23. The second kappa shape index (κ2) is 6.47. The first-order valence-corrected chi connectivity index (χ1v) is 6.41. The van der Waals surface area contributed by atoms with Gasteiger partial charge in [0.05, 0.1) is 17.8 Å². The minimum Gasteiger partial charge on any atom is -0.478 e. The number of hydrogen-bond acceptors (Lipinski definition) is 3. The lowest BCUT2D eigenvalue weighted by Crippen LogP contribution is -2.41. The molecule has 1 heterocycles. The second-order valence-corrected chi connectivity index (χ2v) is 4.57. The highest BCUT2D eigenvalue weighted by molar-refractivity contribution is 5.98. The smallest absolute Gasteiger partial charge is 0.471 e. The Bertz CT molecular complexity index is 717. The number of alkyl halides is 3. The van der Waals surface area contributed by atoms with Crippen LogP contribution in [0, 0.1) is 0 Å². The first-order valence-electron chi connectivity index (χ1n) is 6.41. The first kappa shape index (κ1) is 16.5. The van der Waals surface area contributed by atoms with E-state index in [0.717, 1.165) is 6.07 Å². The molecule has 1 N–H and O–H groups in total. The number of carbonyl (C=O) groups excluding carboxylic acids is 1. The van der Waals surface area contributed by atoms with E-state index in [0.29, 0.717) is 4.90 Å². The van der Waals surface area contributed by atoms with Crippen molar-refractivity contribution in [1.29, 1.82) is 0 Å². The Morgan fingerprint density at radius 2 is 1.87 bits per heavy atom. The van der Waals surface area contributed by atoms with Crippen LogP contribution in [0.3, 0.4) is 0 Å². The van der Waals surface area contributed by atoms with Crippen molar-refractivity contribution < 1.29 is 27.9 Å². The summed E-state index contributed by atoms with van der Waals surface area (Å²) in [5.41, 5.74) is -0.146. The lowest BCUT2D eigenvalue weighted by molar-refractivity contribution is -0.170. The Kier molecular flexibility index (Phi) is 4.63. The summed E-state index contributed by atoms with van der Waals surface area (Å²) in [5, 5.41) is 8.94. The zero-order chi connectivity index (χ0) is 17.0. The van der Waals surface area contributed by atoms with Crippen molar-refractivity contribution in [2.45, 2.75) is 12.7 Å². The molecule has 0 saturated heterocycles. The number of pyridine rings is 1. The van der Waals surface area contributed by atoms with Crippen molar-refractivity contribution in [3.63, 3.8) is 0 Å². The maximum Gasteiger partial charge on any atom is 0.471 e. The molecule has 2 aromatic rings. The minimum atomic E-state index is -5.09. The van der Waals surface area contributed by atoms with Gasteiger partial charge < -0.3 is 5.11 Å². The summed E-state index contributed by atoms with van der Waals surface area (Å²) in [5.74, 6) is -3.39. The highest BCUT2D eigenvalue weighted by atomic mass is 19.4. The monoisotopic (exact) mass is 324 g/mol. The predicted molar refractivity (Wildman–Crippen MR) is 74.9 cm³/mol. The van der Waals surface area contributed by atoms with Gasteiger partial charge in [-0.05, 0) is 30.3 Å². The molecule has 0 unspecified atom stereocenters. The summed E-state index contributed by atoms with van der Waals surface area (Å²) in [4.78, 5) is 27.0. The molecule has 8 heteroatoms. The van der Waals surface area contributed by atoms with Crippen LogP contribution in [0.2, 0.25) is 0 Å². The molecule has 1 aromatic heterocycles. The number of amides is 1. The fraction of sp³-hybridized carbons (Fsp3) is 0.133. The van der Waals surface area contributed by atoms with Crippen LogP contribution >= 0.6 is 0 Å². The van der Waals surface area contributed by atoms with Gasteiger partial charge in [-0.2, -0.15) is 13.2 Å². The van der Waals surface area contributed by atoms with Gasteiger partial charge in [0.2, 0.25) is 0 Å². The van der Waals surface area contributed by atoms with Gasteiger partial charge in [0.15, 0.2) is 0 Å². The number of hydrogen-bond donors (Lipinski definition) is 1. The molecule has 0 aliphatic heterocycles. The Labute approximate surface area is 129 Å². The number of rotatable bonds is 4. The third-order valence-electron chi connectivity index (χ3n) is 2.94. The first-order chi connectivity index (χ1) is 10.8. The van der Waals surface area contributed by atoms with Crippen molar-refractivity contribution in [2.75, 3.05) is 4.90 Å². The van der Waals surface area contributed by atoms with Gasteiger partial charge in [-0.1, -0.05) is 12.1 Å². The molecule has 0 atom stereocenters. The van der Waals surface area contributed by atoms with Crippen molar-refractivity contribution >= 4 is 17.6 Å². The fourth-order valence-corrected chi connectivity index (χ4v) is 1.89. The van der Waals surface area contributed by atoms with Gasteiger partial charge in [0.25, 0.3) is 0 Å². The van der Waals surface area contributed by atoms with Gasteiger partial charge in [0.1, 0.15) is 0 Å². The molecule has 0 aliphatic rings. The maximum atomic E-state index is 12.8. The summed E-state index contributed by atoms with van der Waals surface area (Å²) in [6, 6.07) is 9.37. The number of aromatic nitrogens is 1. The molecule has 0 fully saturated rings. The molecule has 1 amide bonds. The van der Waals surface area contributed by atoms with Crippen molar-refractivity contribution in [3.05, 3.63) is 59.9 Å². The third kappa shape index (κ3) is 4.06. The third-order valence-corrected chi connectivity index (χ3v) is 2.94. The summed E-state index contributed by atoms with van der Waals surface area (Å²) >= 11 is 0. The van der Waals surface area contributed by atoms with Crippen LogP contribution < -0.4 is 4.90 Å². The van der Waals surface area contributed by atoms with Crippen LogP contribution in [-0.2, 0) is 11.3 Å². The predicted octanol–water partition coefficient (Wildman–Crippen LogP) is 2.88. The molecule has 0 saturated carbocycles. The van der Waals surface area contributed by atoms with Gasteiger partial charge in [-0.3, -0.25) is 14.7 Å². The number of anilines is 1. The van der Waals surface area contributed by atoms with Crippen LogP contribution in [0.4, 0.5) is 18.9 Å². The summed E-state index contributed by atoms with van der Waals surface area (Å²) in [6.07, 6.45) is -3.70. The van der Waals surface area contributed by atoms with E-state index in [-0.39, 0.29) is 16.9 Å². The number of aromatic carboxylic acids is 1. The number of carboxylic acid groups (broad SMARTS) is 1. The number of carbonyl (C=O) groups is 2. The van der Waals surface area contributed by atoms with E-state index < -0.39 is 24.6 Å². The van der Waals surface area contributed by atoms with Gasteiger partial charge >= 0.3 is 18.1 Å². The summed E-state index contributed by atoms with van der Waals surface area (Å²) in [6.45, 7) is -0.428. The average molecular weight is 324 g/mol. The van der Waals surface area contributed by atoms with Crippen LogP contribution in [0.1, 0.15) is 16.1 Å². The van der Waals surface area contributed by atoms with Crippen LogP contribution in [-0.4, -0.2) is 28.1 Å². The normalized spacial score (nSPS) is 11.1. The quantitative estimate of drug-likeness (QED) is 0.939. The van der Waals surface area contributed by atoms with Crippen molar-refractivity contribution in [2.24, 2.45) is 0 Å². The van der Waals surface area contributed by atoms with Gasteiger partial charge in [-0.25, -0.2) is 4.79 Å². The van der Waals surface area contributed by atoms with E-state index in [1.165, 1.54) is 30.5 Å². The molecule has 0 spiro atoms. The molecule has 120 valence electrons. The Morgan fingerprint density at radius 1 is 1.13 bits per heavy atom. The largest absolute Gasteiger partial charge is 0.478 e. The lowest BCUT2D eigenvalue weighted by atomic mass is 10.1. The molecular weight excluding hydrogens is 313 g/mol. The molecule has 1 aromatic carbocycles. The molecular formula is C15H11F3N2O3. The zero-order valence-electron chi connectivity index (χ0n) is 11.6. The van der Waals surface area contributed by atoms with E-state index in [1.807, 2.05) is 0 Å². The van der Waals surface area contributed by atoms with E-state index in [9.17, 15) is 22.8 Å². The summed E-state index contributed by atoms with van der Waals surface area (Å²) in [7, 11) is 0. The van der Waals surface area contributed by atoms with E-state index in [4.69, 9.17) is 5.11 Å². The minimum absolute atomic E-state index is 0.169. The highest BCUT2D eigenvalue weighted by Gasteiger charge is 2.43. The number of halogens is 3. The molecule has 0 radical (unpaired) electrons. The van der Waals surface area contributed by atoms with Gasteiger partial charge in [-0.15, -0.1) is 0 Å². The zero-order valence-corrected chi connectivity index (χ0v) is 11.6. The number of nitrogens with zero attached hydrogens (tertiary/aromatic N) is 2. The number of benzene rings is 1. The average Bonchev–Trinajstić information content (AvgIpc) is 2.52. The molecule has 0 bridgehead atoms. The number of carboxylic acids is 1. The van der Waals surface area contributed by atoms with Crippen molar-refractivity contribution in [3.8, 4) is 0 Å². The van der Waals surface area contributed by atoms with E-state index in [2.05, 4.69) is 4.98 Å². The SMILES string of the molecule is O=C(O)c1cccc(N(Cc2ccccn2)C(=O)C(F)(F)F)c1. The van der Waals surface area contributed by atoms with Gasteiger partial charge in [0, 0.05) is 11.9 Å². The van der Waals surface area contributed by atoms with E-state index >= 15 is 0 Å². The van der Waals surface area contributed by atoms with E-state index in [1.54, 1.807) is 12.1 Å². The summed E-state index contributed by atoms with van der Waals surface area (Å²) < 4.78 is 38.5. The van der Waals surface area contributed by atoms with Crippen LogP contribution in [0.25, 0.3) is 0 Å². The topological polar surface area (TPSA) is 70.5 Å². The second-order valence-electron chi connectivity index (χ2n) is 4.57. The molecule has 5 nitrogen and oxygen atoms in total. The Balaban J connectivity index is 2.43. The Hall–Kier alpha value is -2.90. The molecule has 23 heavy (non-hydrogen) atoms. The maximum absolute atomic E-state index is 12.8. The Morgan fingerprint density at radius 3 is 2.43 bits per heavy atom. The van der Waals surface area contributed by atoms with Crippen LogP contribution in [0.15, 0.2) is 48.7 Å². The highest BCUT2D eigenvalue weighted by Crippen LogP contribution is 2.26. The fourth-order valence-electron chi connectivity index (χ4n) is 1.89. The molecule has 0 aliphatic carbocycles. The van der Waals surface area contributed by atoms with Crippen LogP contribution in [0.5, 0.6) is 0 Å². The standard InChI is InChI=1S/C15H11F3N2O3/c16-15(17,18)14(23)20(9-11-5-1-2-7-19-11)12-6-3-4-10(8-12)13(21)22/h1-8H,9H2,(H,21,22). The van der Waals surface area contributed by atoms with Crippen molar-refractivity contribution in [1.82, 2.24) is 4.98 Å². The molecule has 2 rings (SSSR count).